The minimum Gasteiger partial charge on any atom is -0.298 e. The normalized spacial score (nSPS) is 21.4. The monoisotopic (exact) mass is 301 g/mol. The van der Waals surface area contributed by atoms with Crippen molar-refractivity contribution < 1.29 is 8.42 Å². The van der Waals surface area contributed by atoms with Gasteiger partial charge in [-0.2, -0.15) is 0 Å². The van der Waals surface area contributed by atoms with Crippen LogP contribution in [-0.2, 0) is 9.84 Å². The number of alkyl halides is 1. The smallest absolute Gasteiger partial charge is 0.179 e. The summed E-state index contributed by atoms with van der Waals surface area (Å²) in [6.45, 7) is 1.54. The Hall–Kier alpha value is -0.580. The number of likely N-dealkylation sites (tertiary alicyclic amines) is 1. The topological polar surface area (TPSA) is 37.4 Å². The van der Waals surface area contributed by atoms with Crippen LogP contribution in [0.5, 0.6) is 0 Å². The molecule has 1 heterocycles. The van der Waals surface area contributed by atoms with Crippen LogP contribution in [0, 0.1) is 0 Å². The largest absolute Gasteiger partial charge is 0.298 e. The van der Waals surface area contributed by atoms with E-state index in [0.29, 0.717) is 23.4 Å². The van der Waals surface area contributed by atoms with E-state index in [9.17, 15) is 8.42 Å². The molecule has 1 aliphatic rings. The lowest BCUT2D eigenvalue weighted by atomic mass is 10.0. The van der Waals surface area contributed by atoms with Gasteiger partial charge in [-0.3, -0.25) is 4.90 Å². The van der Waals surface area contributed by atoms with E-state index >= 15 is 0 Å². The average Bonchev–Trinajstić information content (AvgIpc) is 2.46. The van der Waals surface area contributed by atoms with Gasteiger partial charge in [0.25, 0.3) is 0 Å². The zero-order valence-electron chi connectivity index (χ0n) is 11.0. The number of nitrogens with zero attached hydrogens (tertiary/aromatic N) is 1. The van der Waals surface area contributed by atoms with Crippen LogP contribution in [0.3, 0.4) is 0 Å². The van der Waals surface area contributed by atoms with E-state index in [-0.39, 0.29) is 5.75 Å². The third kappa shape index (κ3) is 3.94. The lowest BCUT2D eigenvalue weighted by Crippen LogP contribution is -2.43. The number of hydrogen-bond donors (Lipinski definition) is 0. The van der Waals surface area contributed by atoms with E-state index in [1.165, 1.54) is 6.42 Å². The van der Waals surface area contributed by atoms with Crippen molar-refractivity contribution >= 4 is 21.4 Å². The zero-order valence-corrected chi connectivity index (χ0v) is 12.5. The van der Waals surface area contributed by atoms with Gasteiger partial charge in [0.1, 0.15) is 0 Å². The van der Waals surface area contributed by atoms with Crippen molar-refractivity contribution in [3.05, 3.63) is 30.3 Å². The first kappa shape index (κ1) is 14.8. The molecule has 1 atom stereocenters. The lowest BCUT2D eigenvalue weighted by molar-refractivity contribution is 0.173. The molecule has 5 heteroatoms. The van der Waals surface area contributed by atoms with Crippen LogP contribution in [0.25, 0.3) is 0 Å². The van der Waals surface area contributed by atoms with Crippen LogP contribution in [0.4, 0.5) is 0 Å². The molecule has 3 nitrogen and oxygen atoms in total. The van der Waals surface area contributed by atoms with Crippen LogP contribution in [0.15, 0.2) is 35.2 Å². The van der Waals surface area contributed by atoms with Crippen LogP contribution in [0.1, 0.15) is 19.3 Å². The molecule has 1 aliphatic heterocycles. The van der Waals surface area contributed by atoms with Gasteiger partial charge in [-0.1, -0.05) is 24.6 Å². The van der Waals surface area contributed by atoms with Gasteiger partial charge in [-0.05, 0) is 31.5 Å². The first-order valence-corrected chi connectivity index (χ1v) is 8.90. The highest BCUT2D eigenvalue weighted by Crippen LogP contribution is 2.19. The fourth-order valence-electron chi connectivity index (χ4n) is 2.51. The predicted octanol–water partition coefficient (Wildman–Crippen LogP) is 2.55. The summed E-state index contributed by atoms with van der Waals surface area (Å²) in [4.78, 5) is 2.63. The van der Waals surface area contributed by atoms with Gasteiger partial charge in [0.05, 0.1) is 10.6 Å². The van der Waals surface area contributed by atoms with Crippen molar-refractivity contribution in [3.8, 4) is 0 Å². The molecular formula is C14H20ClNO2S. The molecule has 1 unspecified atom stereocenters. The van der Waals surface area contributed by atoms with E-state index < -0.39 is 9.84 Å². The van der Waals surface area contributed by atoms with Gasteiger partial charge in [-0.15, -0.1) is 11.6 Å². The number of benzene rings is 1. The average molecular weight is 302 g/mol. The third-order valence-corrected chi connectivity index (χ3v) is 5.74. The van der Waals surface area contributed by atoms with Crippen molar-refractivity contribution in [2.75, 3.05) is 24.7 Å². The van der Waals surface area contributed by atoms with Gasteiger partial charge < -0.3 is 0 Å². The molecule has 0 aromatic heterocycles. The Morgan fingerprint density at radius 1 is 1.21 bits per heavy atom. The Balaban J connectivity index is 1.98. The molecule has 1 saturated heterocycles. The van der Waals surface area contributed by atoms with E-state index in [4.69, 9.17) is 11.6 Å². The Bertz CT molecular complexity index is 489. The highest BCUT2D eigenvalue weighted by Gasteiger charge is 2.23. The first-order valence-electron chi connectivity index (χ1n) is 6.71. The summed E-state index contributed by atoms with van der Waals surface area (Å²) in [6.07, 6.45) is 3.41. The maximum absolute atomic E-state index is 12.2. The summed E-state index contributed by atoms with van der Waals surface area (Å²) in [7, 11) is -3.18. The fraction of sp³-hybridized carbons (Fsp3) is 0.571. The van der Waals surface area contributed by atoms with E-state index in [1.54, 1.807) is 24.3 Å². The Morgan fingerprint density at radius 3 is 2.63 bits per heavy atom. The van der Waals surface area contributed by atoms with Crippen LogP contribution in [-0.4, -0.2) is 44.1 Å². The molecule has 1 fully saturated rings. The maximum Gasteiger partial charge on any atom is 0.179 e. The molecule has 0 bridgehead atoms. The molecule has 1 aromatic rings. The summed E-state index contributed by atoms with van der Waals surface area (Å²) in [5, 5.41) is 0. The molecule has 19 heavy (non-hydrogen) atoms. The molecule has 1 aromatic carbocycles. The van der Waals surface area contributed by atoms with E-state index in [1.807, 2.05) is 6.07 Å². The highest BCUT2D eigenvalue weighted by atomic mass is 35.5. The minimum absolute atomic E-state index is 0.171. The number of piperidine rings is 1. The molecule has 0 radical (unpaired) electrons. The molecular weight excluding hydrogens is 282 g/mol. The van der Waals surface area contributed by atoms with Gasteiger partial charge in [-0.25, -0.2) is 8.42 Å². The van der Waals surface area contributed by atoms with Gasteiger partial charge in [0.2, 0.25) is 0 Å². The Morgan fingerprint density at radius 2 is 1.95 bits per heavy atom. The van der Waals surface area contributed by atoms with Crippen molar-refractivity contribution in [3.63, 3.8) is 0 Å². The second-order valence-electron chi connectivity index (χ2n) is 4.97. The van der Waals surface area contributed by atoms with Crippen molar-refractivity contribution in [2.24, 2.45) is 0 Å². The van der Waals surface area contributed by atoms with Gasteiger partial charge in [0.15, 0.2) is 9.84 Å². The van der Waals surface area contributed by atoms with E-state index in [2.05, 4.69) is 4.90 Å². The van der Waals surface area contributed by atoms with Crippen molar-refractivity contribution in [1.82, 2.24) is 4.90 Å². The highest BCUT2D eigenvalue weighted by molar-refractivity contribution is 7.91. The molecule has 0 saturated carbocycles. The molecule has 0 spiro atoms. The van der Waals surface area contributed by atoms with Crippen LogP contribution >= 0.6 is 11.6 Å². The van der Waals surface area contributed by atoms with Crippen LogP contribution < -0.4 is 0 Å². The summed E-state index contributed by atoms with van der Waals surface area (Å²) in [5.41, 5.74) is 0. The quantitative estimate of drug-likeness (QED) is 0.784. The van der Waals surface area contributed by atoms with Gasteiger partial charge >= 0.3 is 0 Å². The minimum atomic E-state index is -3.18. The molecule has 106 valence electrons. The molecule has 2 rings (SSSR count). The molecule has 0 amide bonds. The Labute approximate surface area is 120 Å². The third-order valence-electron chi connectivity index (χ3n) is 3.68. The zero-order chi connectivity index (χ0) is 13.7. The SMILES string of the molecule is O=S(=O)(CCN1CCCCC1CCl)c1ccccc1. The van der Waals surface area contributed by atoms with Crippen LogP contribution in [0.2, 0.25) is 0 Å². The summed E-state index contributed by atoms with van der Waals surface area (Å²) < 4.78 is 24.4. The number of hydrogen-bond acceptors (Lipinski definition) is 3. The molecule has 0 aliphatic carbocycles. The number of rotatable bonds is 5. The summed E-state index contributed by atoms with van der Waals surface area (Å²) in [6, 6.07) is 8.99. The second-order valence-corrected chi connectivity index (χ2v) is 7.39. The number of sulfone groups is 1. The van der Waals surface area contributed by atoms with Crippen molar-refractivity contribution in [2.45, 2.75) is 30.2 Å². The Kier molecular flexibility index (Phi) is 5.25. The lowest BCUT2D eigenvalue weighted by Gasteiger charge is -2.34. The number of halogens is 1. The van der Waals surface area contributed by atoms with Crippen molar-refractivity contribution in [1.29, 1.82) is 0 Å². The van der Waals surface area contributed by atoms with Gasteiger partial charge in [0, 0.05) is 18.5 Å². The second kappa shape index (κ2) is 6.73. The maximum atomic E-state index is 12.2. The standard InChI is InChI=1S/C14H20ClNO2S/c15-12-13-6-4-5-9-16(13)10-11-19(17,18)14-7-2-1-3-8-14/h1-3,7-8,13H,4-6,9-12H2. The first-order chi connectivity index (χ1) is 9.13. The van der Waals surface area contributed by atoms with E-state index in [0.717, 1.165) is 19.4 Å². The molecule has 0 N–H and O–H groups in total. The summed E-state index contributed by atoms with van der Waals surface area (Å²) in [5.74, 6) is 0.760. The predicted molar refractivity (Wildman–Crippen MR) is 78.4 cm³/mol. The fourth-order valence-corrected chi connectivity index (χ4v) is 4.14. The summed E-state index contributed by atoms with van der Waals surface area (Å²) >= 11 is 5.95.